The summed E-state index contributed by atoms with van der Waals surface area (Å²) in [6.45, 7) is 13.8. The van der Waals surface area contributed by atoms with Crippen molar-refractivity contribution in [1.82, 2.24) is 0 Å². The third kappa shape index (κ3) is 11.8. The number of benzene rings is 2. The summed E-state index contributed by atoms with van der Waals surface area (Å²) < 4.78 is 0. The van der Waals surface area contributed by atoms with E-state index in [4.69, 9.17) is 9.90 Å². The zero-order chi connectivity index (χ0) is 19.7. The Kier molecular flexibility index (Phi) is 14.8. The zero-order valence-electron chi connectivity index (χ0n) is 14.4. The van der Waals surface area contributed by atoms with E-state index >= 15 is 0 Å². The zero-order valence-corrected chi connectivity index (χ0v) is 14.4. The SMILES string of the molecule is C=C(C)C(=O)O.C=Cc1cccc(O)c1C=C.C=O.c1ccccc1. The summed E-state index contributed by atoms with van der Waals surface area (Å²) in [6.07, 6.45) is 3.31. The summed E-state index contributed by atoms with van der Waals surface area (Å²) in [7, 11) is 0. The number of carbonyl (C=O) groups excluding carboxylic acids is 1. The summed E-state index contributed by atoms with van der Waals surface area (Å²) in [5.74, 6) is -0.688. The average Bonchev–Trinajstić information content (AvgIpc) is 2.65. The van der Waals surface area contributed by atoms with Crippen LogP contribution in [0.3, 0.4) is 0 Å². The Balaban J connectivity index is 0. The number of hydrogen-bond donors (Lipinski definition) is 2. The first-order chi connectivity index (χ1) is 11.9. The quantitative estimate of drug-likeness (QED) is 0.785. The minimum absolute atomic E-state index is 0.176. The monoisotopic (exact) mass is 340 g/mol. The molecule has 0 spiro atoms. The Bertz CT molecular complexity index is 622. The molecule has 0 unspecified atom stereocenters. The van der Waals surface area contributed by atoms with E-state index in [1.807, 2.05) is 49.3 Å². The van der Waals surface area contributed by atoms with Gasteiger partial charge in [-0.1, -0.05) is 80.4 Å². The number of aromatic hydroxyl groups is 1. The van der Waals surface area contributed by atoms with Crippen molar-refractivity contribution in [2.75, 3.05) is 0 Å². The molecule has 2 aromatic carbocycles. The second-order valence-corrected chi connectivity index (χ2v) is 4.43. The van der Waals surface area contributed by atoms with Crippen molar-refractivity contribution in [3.05, 3.63) is 91.0 Å². The van der Waals surface area contributed by atoms with Gasteiger partial charge in [-0.2, -0.15) is 0 Å². The second-order valence-electron chi connectivity index (χ2n) is 4.43. The van der Waals surface area contributed by atoms with Gasteiger partial charge in [-0.25, -0.2) is 4.79 Å². The Morgan fingerprint density at radius 1 is 0.920 bits per heavy atom. The van der Waals surface area contributed by atoms with Crippen molar-refractivity contribution in [2.24, 2.45) is 0 Å². The first kappa shape index (κ1) is 23.9. The number of aliphatic carboxylic acids is 1. The van der Waals surface area contributed by atoms with Gasteiger partial charge in [-0.3, -0.25) is 0 Å². The van der Waals surface area contributed by atoms with Crippen molar-refractivity contribution in [2.45, 2.75) is 6.92 Å². The van der Waals surface area contributed by atoms with Crippen LogP contribution in [0.25, 0.3) is 12.2 Å². The largest absolute Gasteiger partial charge is 0.507 e. The molecule has 0 aromatic heterocycles. The number of hydrogen-bond acceptors (Lipinski definition) is 3. The fourth-order valence-corrected chi connectivity index (χ4v) is 1.36. The van der Waals surface area contributed by atoms with Gasteiger partial charge < -0.3 is 15.0 Å². The van der Waals surface area contributed by atoms with E-state index in [0.717, 1.165) is 11.1 Å². The molecular formula is C21H24O4. The van der Waals surface area contributed by atoms with E-state index in [1.54, 1.807) is 24.3 Å². The van der Waals surface area contributed by atoms with Gasteiger partial charge in [-0.05, 0) is 18.6 Å². The van der Waals surface area contributed by atoms with Crippen LogP contribution in [-0.2, 0) is 9.59 Å². The molecule has 4 nitrogen and oxygen atoms in total. The fraction of sp³-hybridized carbons (Fsp3) is 0.0476. The number of carbonyl (C=O) groups is 2. The molecule has 0 fully saturated rings. The summed E-state index contributed by atoms with van der Waals surface area (Å²) in [4.78, 5) is 17.6. The number of carboxylic acids is 1. The minimum Gasteiger partial charge on any atom is -0.507 e. The van der Waals surface area contributed by atoms with Gasteiger partial charge >= 0.3 is 5.97 Å². The maximum atomic E-state index is 9.60. The lowest BCUT2D eigenvalue weighted by molar-refractivity contribution is -0.132. The molecule has 0 aliphatic rings. The standard InChI is InChI=1S/C10H10O.C6H6.C4H6O2.CH2O/c1-3-8-6-5-7-10(11)9(8)4-2;1-2-4-6-5-3-1;1-3(2)4(5)6;1-2/h3-7,11H,1-2H2;1-6H;1H2,2H3,(H,5,6);1H2. The van der Waals surface area contributed by atoms with Crippen molar-refractivity contribution in [1.29, 1.82) is 0 Å². The van der Waals surface area contributed by atoms with Crippen molar-refractivity contribution < 1.29 is 19.8 Å². The lowest BCUT2D eigenvalue weighted by Crippen LogP contribution is -1.92. The first-order valence-corrected chi connectivity index (χ1v) is 7.18. The van der Waals surface area contributed by atoms with Gasteiger partial charge in [0.15, 0.2) is 0 Å². The predicted molar refractivity (Wildman–Crippen MR) is 104 cm³/mol. The van der Waals surface area contributed by atoms with E-state index < -0.39 is 5.97 Å². The lowest BCUT2D eigenvalue weighted by atomic mass is 10.1. The normalized spacial score (nSPS) is 7.88. The van der Waals surface area contributed by atoms with Crippen LogP contribution in [0, 0.1) is 0 Å². The number of carboxylic acid groups (broad SMARTS) is 1. The molecule has 0 aliphatic heterocycles. The van der Waals surface area contributed by atoms with Crippen molar-refractivity contribution in [3.8, 4) is 5.75 Å². The molecule has 25 heavy (non-hydrogen) atoms. The molecule has 0 radical (unpaired) electrons. The van der Waals surface area contributed by atoms with E-state index in [2.05, 4.69) is 19.7 Å². The Labute approximate surface area is 149 Å². The molecule has 132 valence electrons. The first-order valence-electron chi connectivity index (χ1n) is 7.18. The van der Waals surface area contributed by atoms with Gasteiger partial charge in [0.2, 0.25) is 0 Å². The van der Waals surface area contributed by atoms with Crippen LogP contribution in [0.1, 0.15) is 18.1 Å². The van der Waals surface area contributed by atoms with E-state index in [9.17, 15) is 9.90 Å². The molecule has 0 saturated carbocycles. The predicted octanol–water partition coefficient (Wildman–Crippen LogP) is 4.83. The highest BCUT2D eigenvalue weighted by Gasteiger charge is 1.98. The average molecular weight is 340 g/mol. The highest BCUT2D eigenvalue weighted by molar-refractivity contribution is 5.84. The third-order valence-corrected chi connectivity index (χ3v) is 2.57. The van der Waals surface area contributed by atoms with E-state index in [0.29, 0.717) is 0 Å². The second kappa shape index (κ2) is 15.5. The summed E-state index contributed by atoms with van der Waals surface area (Å²) >= 11 is 0. The molecule has 0 saturated heterocycles. The van der Waals surface area contributed by atoms with Gasteiger partial charge in [0.05, 0.1) is 0 Å². The molecular weight excluding hydrogens is 316 g/mol. The van der Waals surface area contributed by atoms with Crippen LogP contribution in [-0.4, -0.2) is 23.0 Å². The number of phenols is 1. The van der Waals surface area contributed by atoms with Gasteiger partial charge in [0, 0.05) is 11.1 Å². The highest BCUT2D eigenvalue weighted by atomic mass is 16.4. The molecule has 0 atom stereocenters. The van der Waals surface area contributed by atoms with Crippen LogP contribution in [0.2, 0.25) is 0 Å². The molecule has 0 heterocycles. The summed E-state index contributed by atoms with van der Waals surface area (Å²) in [5, 5.41) is 17.2. The Morgan fingerprint density at radius 2 is 1.32 bits per heavy atom. The van der Waals surface area contributed by atoms with Crippen LogP contribution in [0.4, 0.5) is 0 Å². The van der Waals surface area contributed by atoms with Crippen LogP contribution in [0.5, 0.6) is 5.75 Å². The third-order valence-electron chi connectivity index (χ3n) is 2.57. The maximum Gasteiger partial charge on any atom is 0.330 e. The van der Waals surface area contributed by atoms with Crippen LogP contribution < -0.4 is 0 Å². The molecule has 4 heteroatoms. The van der Waals surface area contributed by atoms with Crippen LogP contribution in [0.15, 0.2) is 79.9 Å². The van der Waals surface area contributed by atoms with E-state index in [1.165, 1.54) is 6.92 Å². The molecule has 2 rings (SSSR count). The lowest BCUT2D eigenvalue weighted by Gasteiger charge is -2.01. The molecule has 2 aromatic rings. The van der Waals surface area contributed by atoms with Crippen molar-refractivity contribution in [3.63, 3.8) is 0 Å². The molecule has 0 aliphatic carbocycles. The number of phenolic OH excluding ortho intramolecular Hbond substituents is 1. The van der Waals surface area contributed by atoms with Crippen molar-refractivity contribution >= 4 is 24.9 Å². The minimum atomic E-state index is -0.935. The van der Waals surface area contributed by atoms with Crippen LogP contribution >= 0.6 is 0 Å². The molecule has 0 bridgehead atoms. The topological polar surface area (TPSA) is 74.6 Å². The highest BCUT2D eigenvalue weighted by Crippen LogP contribution is 2.22. The van der Waals surface area contributed by atoms with Gasteiger partial charge in [0.25, 0.3) is 0 Å². The summed E-state index contributed by atoms with van der Waals surface area (Å²) in [6, 6.07) is 17.3. The fourth-order valence-electron chi connectivity index (χ4n) is 1.36. The molecule has 2 N–H and O–H groups in total. The Morgan fingerprint density at radius 3 is 1.56 bits per heavy atom. The van der Waals surface area contributed by atoms with Gasteiger partial charge in [-0.15, -0.1) is 0 Å². The molecule has 0 amide bonds. The Hall–Kier alpha value is -3.40. The maximum absolute atomic E-state index is 9.60. The van der Waals surface area contributed by atoms with E-state index in [-0.39, 0.29) is 11.3 Å². The number of rotatable bonds is 3. The summed E-state index contributed by atoms with van der Waals surface area (Å²) in [5.41, 5.74) is 1.82. The smallest absolute Gasteiger partial charge is 0.330 e. The van der Waals surface area contributed by atoms with Gasteiger partial charge in [0.1, 0.15) is 12.5 Å².